The maximum Gasteiger partial charge on any atom is 0.193 e. The second kappa shape index (κ2) is 5.86. The van der Waals surface area contributed by atoms with Crippen molar-refractivity contribution in [2.24, 2.45) is 0 Å². The smallest absolute Gasteiger partial charge is 0.193 e. The Kier molecular flexibility index (Phi) is 3.66. The molecule has 0 bridgehead atoms. The Morgan fingerprint density at radius 1 is 1.00 bits per heavy atom. The van der Waals surface area contributed by atoms with Gasteiger partial charge >= 0.3 is 0 Å². The summed E-state index contributed by atoms with van der Waals surface area (Å²) in [7, 11) is 0. The minimum absolute atomic E-state index is 0.0617. The van der Waals surface area contributed by atoms with Crippen LogP contribution in [0.3, 0.4) is 0 Å². The Morgan fingerprint density at radius 2 is 1.76 bits per heavy atom. The van der Waals surface area contributed by atoms with Gasteiger partial charge in [-0.15, -0.1) is 0 Å². The number of aromatic carboxylic acids is 1. The zero-order chi connectivity index (χ0) is 17.6. The van der Waals surface area contributed by atoms with E-state index in [2.05, 4.69) is 15.9 Å². The zero-order valence-corrected chi connectivity index (χ0v) is 14.4. The van der Waals surface area contributed by atoms with E-state index in [9.17, 15) is 14.7 Å². The summed E-state index contributed by atoms with van der Waals surface area (Å²) in [5.74, 6) is -0.954. The topological polar surface area (TPSA) is 70.3 Å². The third-order valence-electron chi connectivity index (χ3n) is 4.08. The molecular formula is C20H10BrO4-. The van der Waals surface area contributed by atoms with Crippen molar-refractivity contribution in [1.82, 2.24) is 0 Å². The van der Waals surface area contributed by atoms with E-state index in [-0.39, 0.29) is 11.0 Å². The van der Waals surface area contributed by atoms with Gasteiger partial charge in [-0.2, -0.15) is 0 Å². The first-order chi connectivity index (χ1) is 12.0. The quantitative estimate of drug-likeness (QED) is 0.520. The number of carbonyl (C=O) groups is 1. The van der Waals surface area contributed by atoms with Gasteiger partial charge in [0.1, 0.15) is 11.3 Å². The number of carboxylic acid groups (broad SMARTS) is 1. The monoisotopic (exact) mass is 393 g/mol. The maximum atomic E-state index is 12.5. The van der Waals surface area contributed by atoms with Crippen LogP contribution in [0.5, 0.6) is 0 Å². The van der Waals surface area contributed by atoms with Gasteiger partial charge in [0.15, 0.2) is 5.43 Å². The Bertz CT molecular complexity index is 1200. The molecule has 4 aromatic rings. The van der Waals surface area contributed by atoms with Crippen LogP contribution in [0, 0.1) is 0 Å². The molecular weight excluding hydrogens is 384 g/mol. The van der Waals surface area contributed by atoms with Gasteiger partial charge < -0.3 is 14.3 Å². The van der Waals surface area contributed by atoms with E-state index < -0.39 is 5.97 Å². The summed E-state index contributed by atoms with van der Waals surface area (Å²) in [6.45, 7) is 0. The predicted molar refractivity (Wildman–Crippen MR) is 97.5 cm³/mol. The molecule has 5 heteroatoms. The van der Waals surface area contributed by atoms with Crippen molar-refractivity contribution in [2.75, 3.05) is 0 Å². The molecule has 0 N–H and O–H groups in total. The first-order valence-electron chi connectivity index (χ1n) is 7.51. The minimum atomic E-state index is -1.27. The molecule has 4 rings (SSSR count). The van der Waals surface area contributed by atoms with Crippen LogP contribution in [0.2, 0.25) is 0 Å². The Labute approximate surface area is 150 Å². The van der Waals surface area contributed by atoms with Gasteiger partial charge in [-0.3, -0.25) is 4.79 Å². The van der Waals surface area contributed by atoms with Crippen molar-refractivity contribution in [2.45, 2.75) is 0 Å². The van der Waals surface area contributed by atoms with Gasteiger partial charge in [-0.05, 0) is 23.6 Å². The van der Waals surface area contributed by atoms with Crippen molar-refractivity contribution in [3.8, 4) is 11.3 Å². The predicted octanol–water partition coefficient (Wildman–Crippen LogP) is 3.74. The summed E-state index contributed by atoms with van der Waals surface area (Å²) in [5, 5.41) is 13.2. The van der Waals surface area contributed by atoms with Crippen molar-refractivity contribution in [1.29, 1.82) is 0 Å². The lowest BCUT2D eigenvalue weighted by molar-refractivity contribution is -0.254. The molecule has 0 aliphatic rings. The molecule has 0 amide bonds. The molecule has 0 unspecified atom stereocenters. The fraction of sp³-hybridized carbons (Fsp3) is 0. The summed E-state index contributed by atoms with van der Waals surface area (Å²) in [5.41, 5.74) is 0.847. The lowest BCUT2D eigenvalue weighted by Crippen LogP contribution is -2.22. The Morgan fingerprint density at radius 3 is 2.52 bits per heavy atom. The normalized spacial score (nSPS) is 11.1. The average molecular weight is 394 g/mol. The van der Waals surface area contributed by atoms with Crippen molar-refractivity contribution >= 4 is 43.6 Å². The second-order valence-electron chi connectivity index (χ2n) is 5.61. The van der Waals surface area contributed by atoms with E-state index in [1.807, 2.05) is 12.1 Å². The molecule has 0 saturated heterocycles. The molecule has 0 atom stereocenters. The molecule has 0 spiro atoms. The summed E-state index contributed by atoms with van der Waals surface area (Å²) in [6.07, 6.45) is 0. The Hall–Kier alpha value is -2.92. The third-order valence-corrected chi connectivity index (χ3v) is 4.57. The van der Waals surface area contributed by atoms with Crippen LogP contribution in [0.1, 0.15) is 10.4 Å². The van der Waals surface area contributed by atoms with Gasteiger partial charge in [0, 0.05) is 27.1 Å². The van der Waals surface area contributed by atoms with Crippen LogP contribution >= 0.6 is 15.9 Å². The van der Waals surface area contributed by atoms with Crippen molar-refractivity contribution in [3.05, 3.63) is 80.9 Å². The van der Waals surface area contributed by atoms with Gasteiger partial charge in [-0.1, -0.05) is 52.3 Å². The van der Waals surface area contributed by atoms with Crippen LogP contribution in [-0.4, -0.2) is 5.97 Å². The third kappa shape index (κ3) is 2.62. The van der Waals surface area contributed by atoms with Crippen molar-refractivity contribution in [3.63, 3.8) is 0 Å². The molecule has 0 aliphatic carbocycles. The number of hydrogen-bond acceptors (Lipinski definition) is 4. The van der Waals surface area contributed by atoms with Crippen LogP contribution in [-0.2, 0) is 0 Å². The SMILES string of the molecule is O=C([O-])c1cccc2cccc(-c3cc(=O)c4cc(Br)ccc4o3)c12. The molecule has 0 radical (unpaired) electrons. The molecule has 0 fully saturated rings. The lowest BCUT2D eigenvalue weighted by atomic mass is 9.97. The first-order valence-corrected chi connectivity index (χ1v) is 8.31. The summed E-state index contributed by atoms with van der Waals surface area (Å²) in [4.78, 5) is 24.0. The van der Waals surface area contributed by atoms with Crippen LogP contribution < -0.4 is 10.5 Å². The fourth-order valence-electron chi connectivity index (χ4n) is 2.98. The molecule has 1 aromatic heterocycles. The summed E-state index contributed by atoms with van der Waals surface area (Å²) in [6, 6.07) is 16.8. The minimum Gasteiger partial charge on any atom is -0.545 e. The highest BCUT2D eigenvalue weighted by Gasteiger charge is 2.13. The number of carboxylic acids is 1. The van der Waals surface area contributed by atoms with Crippen molar-refractivity contribution < 1.29 is 14.3 Å². The molecule has 0 saturated carbocycles. The number of fused-ring (bicyclic) bond motifs is 2. The summed E-state index contributed by atoms with van der Waals surface area (Å²) >= 11 is 3.34. The lowest BCUT2D eigenvalue weighted by Gasteiger charge is -2.12. The molecule has 3 aromatic carbocycles. The molecule has 1 heterocycles. The van der Waals surface area contributed by atoms with Gasteiger partial charge in [0.05, 0.1) is 11.4 Å². The van der Waals surface area contributed by atoms with E-state index in [4.69, 9.17) is 4.42 Å². The average Bonchev–Trinajstić information content (AvgIpc) is 2.61. The molecule has 4 nitrogen and oxygen atoms in total. The van der Waals surface area contributed by atoms with Gasteiger partial charge in [-0.25, -0.2) is 0 Å². The van der Waals surface area contributed by atoms with E-state index >= 15 is 0 Å². The van der Waals surface area contributed by atoms with Crippen LogP contribution in [0.15, 0.2) is 74.3 Å². The van der Waals surface area contributed by atoms with Crippen LogP contribution in [0.25, 0.3) is 33.1 Å². The highest BCUT2D eigenvalue weighted by Crippen LogP contribution is 2.32. The van der Waals surface area contributed by atoms with E-state index in [0.29, 0.717) is 27.7 Å². The van der Waals surface area contributed by atoms with Crippen LogP contribution in [0.4, 0.5) is 0 Å². The molecule has 0 aliphatic heterocycles. The Balaban J connectivity index is 2.09. The largest absolute Gasteiger partial charge is 0.545 e. The fourth-order valence-corrected chi connectivity index (χ4v) is 3.34. The number of benzene rings is 3. The number of rotatable bonds is 2. The molecule has 122 valence electrons. The zero-order valence-electron chi connectivity index (χ0n) is 12.8. The first kappa shape index (κ1) is 15.6. The highest BCUT2D eigenvalue weighted by molar-refractivity contribution is 9.10. The number of halogens is 1. The number of hydrogen-bond donors (Lipinski definition) is 0. The second-order valence-corrected chi connectivity index (χ2v) is 6.53. The van der Waals surface area contributed by atoms with E-state index in [1.54, 1.807) is 36.4 Å². The van der Waals surface area contributed by atoms with Gasteiger partial charge in [0.2, 0.25) is 0 Å². The van der Waals surface area contributed by atoms with E-state index in [1.165, 1.54) is 12.1 Å². The van der Waals surface area contributed by atoms with Gasteiger partial charge in [0.25, 0.3) is 0 Å². The highest BCUT2D eigenvalue weighted by atomic mass is 79.9. The molecule has 25 heavy (non-hydrogen) atoms. The van der Waals surface area contributed by atoms with E-state index in [0.717, 1.165) is 9.86 Å². The maximum absolute atomic E-state index is 12.5. The summed E-state index contributed by atoms with van der Waals surface area (Å²) < 4.78 is 6.67. The standard InChI is InChI=1S/C20H11BrO4/c21-12-7-8-17-15(9-12)16(22)10-18(25-17)13-5-1-3-11-4-2-6-14(19(11)13)20(23)24/h1-10H,(H,23,24)/p-1. The number of carbonyl (C=O) groups excluding carboxylic acids is 1.